The van der Waals surface area contributed by atoms with E-state index in [1.54, 1.807) is 11.3 Å². The molecular formula is C16H22N4O2S. The number of nitrogens with zero attached hydrogens (tertiary/aromatic N) is 3. The average Bonchev–Trinajstić information content (AvgIpc) is 3.18. The summed E-state index contributed by atoms with van der Waals surface area (Å²) >= 11 is 1.66. The van der Waals surface area contributed by atoms with Gasteiger partial charge in [-0.05, 0) is 12.1 Å². The second-order valence-corrected chi connectivity index (χ2v) is 7.03. The molecule has 0 radical (unpaired) electrons. The van der Waals surface area contributed by atoms with Gasteiger partial charge in [-0.2, -0.15) is 0 Å². The Kier molecular flexibility index (Phi) is 4.46. The summed E-state index contributed by atoms with van der Waals surface area (Å²) in [7, 11) is 0. The van der Waals surface area contributed by atoms with Crippen molar-refractivity contribution in [3.8, 4) is 5.13 Å². The number of hydrogen-bond donors (Lipinski definition) is 1. The predicted molar refractivity (Wildman–Crippen MR) is 89.1 cm³/mol. The zero-order valence-corrected chi connectivity index (χ0v) is 13.9. The lowest BCUT2D eigenvalue weighted by Gasteiger charge is -2.41. The first-order chi connectivity index (χ1) is 11.3. The summed E-state index contributed by atoms with van der Waals surface area (Å²) in [6.45, 7) is 6.69. The number of aromatic nitrogens is 2. The molecule has 0 saturated carbocycles. The molecule has 2 aliphatic rings. The third-order valence-electron chi connectivity index (χ3n) is 4.41. The van der Waals surface area contributed by atoms with Crippen LogP contribution in [-0.4, -0.2) is 66.1 Å². The van der Waals surface area contributed by atoms with E-state index in [9.17, 15) is 0 Å². The zero-order chi connectivity index (χ0) is 15.5. The molecule has 2 saturated heterocycles. The first kappa shape index (κ1) is 15.3. The van der Waals surface area contributed by atoms with E-state index in [1.807, 2.05) is 11.6 Å². The normalized spacial score (nSPS) is 26.4. The summed E-state index contributed by atoms with van der Waals surface area (Å²) in [5.74, 6) is 0. The molecule has 2 aromatic heterocycles. The van der Waals surface area contributed by atoms with Crippen LogP contribution in [0, 0.1) is 0 Å². The minimum absolute atomic E-state index is 0.215. The van der Waals surface area contributed by atoms with Gasteiger partial charge in [-0.15, -0.1) is 11.3 Å². The molecule has 4 rings (SSSR count). The van der Waals surface area contributed by atoms with E-state index in [0.717, 1.165) is 51.1 Å². The van der Waals surface area contributed by atoms with Crippen LogP contribution in [0.15, 0.2) is 29.9 Å². The van der Waals surface area contributed by atoms with Crippen LogP contribution >= 0.6 is 11.3 Å². The van der Waals surface area contributed by atoms with Gasteiger partial charge in [0.2, 0.25) is 0 Å². The zero-order valence-electron chi connectivity index (χ0n) is 13.1. The van der Waals surface area contributed by atoms with E-state index < -0.39 is 0 Å². The molecule has 2 aliphatic heterocycles. The van der Waals surface area contributed by atoms with Crippen molar-refractivity contribution in [1.29, 1.82) is 0 Å². The van der Waals surface area contributed by atoms with Crippen LogP contribution in [0.4, 0.5) is 0 Å². The molecule has 4 heterocycles. The maximum atomic E-state index is 6.09. The van der Waals surface area contributed by atoms with E-state index in [4.69, 9.17) is 9.47 Å². The third kappa shape index (κ3) is 3.34. The van der Waals surface area contributed by atoms with Crippen LogP contribution in [0.5, 0.6) is 0 Å². The Balaban J connectivity index is 1.48. The molecule has 0 amide bonds. The maximum Gasteiger partial charge on any atom is 0.193 e. The van der Waals surface area contributed by atoms with Gasteiger partial charge in [0.1, 0.15) is 5.60 Å². The summed E-state index contributed by atoms with van der Waals surface area (Å²) in [6, 6.07) is 4.26. The molecule has 0 aromatic carbocycles. The van der Waals surface area contributed by atoms with Crippen molar-refractivity contribution < 1.29 is 9.47 Å². The van der Waals surface area contributed by atoms with Gasteiger partial charge in [0.05, 0.1) is 19.8 Å². The van der Waals surface area contributed by atoms with Crippen molar-refractivity contribution in [3.05, 3.63) is 35.6 Å². The van der Waals surface area contributed by atoms with Gasteiger partial charge in [-0.3, -0.25) is 9.47 Å². The topological polar surface area (TPSA) is 51.6 Å². The van der Waals surface area contributed by atoms with Gasteiger partial charge >= 0.3 is 0 Å². The number of thiazole rings is 1. The quantitative estimate of drug-likeness (QED) is 0.912. The van der Waals surface area contributed by atoms with Crippen molar-refractivity contribution in [2.24, 2.45) is 0 Å². The Morgan fingerprint density at radius 3 is 3.30 bits per heavy atom. The van der Waals surface area contributed by atoms with Gasteiger partial charge in [0.15, 0.2) is 5.13 Å². The number of ether oxygens (including phenoxy) is 2. The van der Waals surface area contributed by atoms with Crippen LogP contribution in [0.3, 0.4) is 0 Å². The summed E-state index contributed by atoms with van der Waals surface area (Å²) in [6.07, 6.45) is 3.93. The average molecular weight is 334 g/mol. The highest BCUT2D eigenvalue weighted by atomic mass is 32.1. The third-order valence-corrected chi connectivity index (χ3v) is 5.18. The van der Waals surface area contributed by atoms with E-state index in [2.05, 4.69) is 38.1 Å². The standard InChI is InChI=1S/C16H22N4O2S/c1-2-14(20(5-1)15-18-4-9-23-15)10-19-6-8-22-16(12-19)11-17-3-7-21-13-16/h1-2,4-5,9,17H,3,6-8,10-13H2/t16-/m1/s1. The Hall–Kier alpha value is -1.25. The van der Waals surface area contributed by atoms with Gasteiger partial charge < -0.3 is 14.8 Å². The molecule has 0 unspecified atom stereocenters. The number of morpholine rings is 1. The highest BCUT2D eigenvalue weighted by Gasteiger charge is 2.38. The fraction of sp³-hybridized carbons (Fsp3) is 0.562. The molecule has 1 N–H and O–H groups in total. The van der Waals surface area contributed by atoms with E-state index >= 15 is 0 Å². The Morgan fingerprint density at radius 1 is 1.39 bits per heavy atom. The Labute approximate surface area is 140 Å². The fourth-order valence-corrected chi connectivity index (χ4v) is 3.97. The van der Waals surface area contributed by atoms with Crippen LogP contribution < -0.4 is 5.32 Å². The molecule has 23 heavy (non-hydrogen) atoms. The van der Waals surface area contributed by atoms with Crippen LogP contribution in [0.2, 0.25) is 0 Å². The number of nitrogens with one attached hydrogen (secondary N) is 1. The molecule has 7 heteroatoms. The number of rotatable bonds is 3. The summed E-state index contributed by atoms with van der Waals surface area (Å²) < 4.78 is 14.0. The van der Waals surface area contributed by atoms with E-state index in [1.165, 1.54) is 5.69 Å². The second-order valence-electron chi connectivity index (χ2n) is 6.16. The minimum atomic E-state index is -0.215. The molecule has 2 aromatic rings. The number of hydrogen-bond acceptors (Lipinski definition) is 6. The van der Waals surface area contributed by atoms with Crippen LogP contribution in [0.25, 0.3) is 5.13 Å². The smallest absolute Gasteiger partial charge is 0.193 e. The summed E-state index contributed by atoms with van der Waals surface area (Å²) in [4.78, 5) is 6.87. The van der Waals surface area contributed by atoms with Gasteiger partial charge in [0, 0.05) is 56.2 Å². The Morgan fingerprint density at radius 2 is 2.39 bits per heavy atom. The second kappa shape index (κ2) is 6.70. The molecule has 1 atom stereocenters. The minimum Gasteiger partial charge on any atom is -0.377 e. The summed E-state index contributed by atoms with van der Waals surface area (Å²) in [5.41, 5.74) is 1.05. The first-order valence-electron chi connectivity index (χ1n) is 8.06. The maximum absolute atomic E-state index is 6.09. The molecule has 124 valence electrons. The molecule has 1 spiro atoms. The van der Waals surface area contributed by atoms with Crippen LogP contribution in [0.1, 0.15) is 5.69 Å². The van der Waals surface area contributed by atoms with Crippen molar-refractivity contribution in [3.63, 3.8) is 0 Å². The fourth-order valence-electron chi connectivity index (χ4n) is 3.32. The van der Waals surface area contributed by atoms with Crippen molar-refractivity contribution in [2.45, 2.75) is 12.1 Å². The molecule has 2 fully saturated rings. The lowest BCUT2D eigenvalue weighted by atomic mass is 10.0. The van der Waals surface area contributed by atoms with Gasteiger partial charge in [-0.25, -0.2) is 4.98 Å². The van der Waals surface area contributed by atoms with E-state index in [0.29, 0.717) is 6.61 Å². The molecule has 0 bridgehead atoms. The lowest BCUT2D eigenvalue weighted by molar-refractivity contribution is -0.135. The largest absolute Gasteiger partial charge is 0.377 e. The van der Waals surface area contributed by atoms with Crippen molar-refractivity contribution >= 4 is 11.3 Å². The monoisotopic (exact) mass is 334 g/mol. The van der Waals surface area contributed by atoms with E-state index in [-0.39, 0.29) is 5.60 Å². The molecule has 6 nitrogen and oxygen atoms in total. The molecule has 0 aliphatic carbocycles. The lowest BCUT2D eigenvalue weighted by Crippen LogP contribution is -2.57. The van der Waals surface area contributed by atoms with Crippen molar-refractivity contribution in [1.82, 2.24) is 19.8 Å². The highest BCUT2D eigenvalue weighted by molar-refractivity contribution is 7.12. The Bertz CT molecular complexity index is 620. The van der Waals surface area contributed by atoms with Crippen LogP contribution in [-0.2, 0) is 16.0 Å². The summed E-state index contributed by atoms with van der Waals surface area (Å²) in [5, 5.41) is 6.46. The first-order valence-corrected chi connectivity index (χ1v) is 8.94. The van der Waals surface area contributed by atoms with Gasteiger partial charge in [0.25, 0.3) is 0 Å². The molecular weight excluding hydrogens is 312 g/mol. The SMILES string of the molecule is c1cc(CN2CCO[C@]3(CNCCOC3)C2)n(-c2nccs2)c1. The van der Waals surface area contributed by atoms with Crippen molar-refractivity contribution in [2.75, 3.05) is 46.0 Å². The predicted octanol–water partition coefficient (Wildman–Crippen LogP) is 1.12. The van der Waals surface area contributed by atoms with Gasteiger partial charge in [-0.1, -0.05) is 0 Å². The highest BCUT2D eigenvalue weighted by Crippen LogP contribution is 2.22.